The molecule has 0 heterocycles. The van der Waals surface area contributed by atoms with E-state index in [1.165, 1.54) is 5.56 Å². The Morgan fingerprint density at radius 2 is 2.05 bits per heavy atom. The van der Waals surface area contributed by atoms with Crippen molar-refractivity contribution < 1.29 is 9.84 Å². The van der Waals surface area contributed by atoms with Gasteiger partial charge in [-0.2, -0.15) is 0 Å². The highest BCUT2D eigenvalue weighted by atomic mass is 16.5. The minimum Gasteiger partial charge on any atom is -0.392 e. The molecule has 0 saturated carbocycles. The van der Waals surface area contributed by atoms with Crippen LogP contribution < -0.4 is 0 Å². The molecule has 0 spiro atoms. The first-order valence-corrected chi connectivity index (χ1v) is 7.05. The maximum atomic E-state index is 10.2. The highest BCUT2D eigenvalue weighted by Gasteiger charge is 2.27. The van der Waals surface area contributed by atoms with Gasteiger partial charge in [0.25, 0.3) is 0 Å². The highest BCUT2D eigenvalue weighted by molar-refractivity contribution is 5.13. The first-order chi connectivity index (χ1) is 9.12. The third kappa shape index (κ3) is 5.17. The van der Waals surface area contributed by atoms with Gasteiger partial charge in [0, 0.05) is 12.0 Å². The predicted molar refractivity (Wildman–Crippen MR) is 79.9 cm³/mol. The van der Waals surface area contributed by atoms with E-state index in [4.69, 9.17) is 4.74 Å². The fraction of sp³-hybridized carbons (Fsp3) is 0.529. The molecular weight excluding hydrogens is 236 g/mol. The molecule has 2 nitrogen and oxygen atoms in total. The van der Waals surface area contributed by atoms with Gasteiger partial charge >= 0.3 is 0 Å². The molecule has 2 heteroatoms. The van der Waals surface area contributed by atoms with Gasteiger partial charge in [0.2, 0.25) is 0 Å². The molecule has 0 aliphatic heterocycles. The number of rotatable bonds is 9. The van der Waals surface area contributed by atoms with Gasteiger partial charge in [0.15, 0.2) is 0 Å². The van der Waals surface area contributed by atoms with Crippen LogP contribution in [0.5, 0.6) is 0 Å². The smallest absolute Gasteiger partial charge is 0.0716 e. The Kier molecular flexibility index (Phi) is 6.82. The highest BCUT2D eigenvalue weighted by Crippen LogP contribution is 2.29. The topological polar surface area (TPSA) is 29.5 Å². The number of ether oxygens (including phenoxy) is 1. The Hall–Kier alpha value is -1.12. The normalized spacial score (nSPS) is 15.7. The zero-order valence-electron chi connectivity index (χ0n) is 12.1. The zero-order chi connectivity index (χ0) is 14.1. The van der Waals surface area contributed by atoms with Crippen LogP contribution in [0.2, 0.25) is 0 Å². The van der Waals surface area contributed by atoms with Crippen molar-refractivity contribution >= 4 is 0 Å². The van der Waals surface area contributed by atoms with E-state index in [-0.39, 0.29) is 11.5 Å². The van der Waals surface area contributed by atoms with E-state index in [1.54, 1.807) is 0 Å². The van der Waals surface area contributed by atoms with Crippen LogP contribution in [0.1, 0.15) is 38.7 Å². The summed E-state index contributed by atoms with van der Waals surface area (Å²) in [6.07, 6.45) is 4.06. The van der Waals surface area contributed by atoms with Gasteiger partial charge in [0.05, 0.1) is 12.7 Å². The molecule has 19 heavy (non-hydrogen) atoms. The van der Waals surface area contributed by atoms with Crippen molar-refractivity contribution in [3.05, 3.63) is 48.6 Å². The molecule has 1 aromatic carbocycles. The Morgan fingerprint density at radius 1 is 1.37 bits per heavy atom. The van der Waals surface area contributed by atoms with Crippen molar-refractivity contribution in [2.75, 3.05) is 6.61 Å². The summed E-state index contributed by atoms with van der Waals surface area (Å²) >= 11 is 0. The number of aliphatic hydroxyl groups is 1. The summed E-state index contributed by atoms with van der Waals surface area (Å²) in [5, 5.41) is 10.2. The van der Waals surface area contributed by atoms with E-state index < -0.39 is 0 Å². The van der Waals surface area contributed by atoms with Gasteiger partial charge in [-0.1, -0.05) is 50.3 Å². The Bertz CT molecular complexity index is 361. The molecule has 0 aromatic heterocycles. The molecule has 1 rings (SSSR count). The quantitative estimate of drug-likeness (QED) is 0.539. The monoisotopic (exact) mass is 262 g/mol. The lowest BCUT2D eigenvalue weighted by molar-refractivity contribution is 0.0439. The maximum absolute atomic E-state index is 10.2. The van der Waals surface area contributed by atoms with Crippen LogP contribution in [-0.4, -0.2) is 17.8 Å². The second-order valence-electron chi connectivity index (χ2n) is 5.26. The van der Waals surface area contributed by atoms with Gasteiger partial charge in [-0.15, -0.1) is 6.58 Å². The molecule has 0 saturated heterocycles. The Labute approximate surface area is 117 Å². The van der Waals surface area contributed by atoms with E-state index in [0.29, 0.717) is 13.2 Å². The molecule has 0 unspecified atom stereocenters. The zero-order valence-corrected chi connectivity index (χ0v) is 12.1. The van der Waals surface area contributed by atoms with Crippen LogP contribution in [0, 0.1) is 5.41 Å². The molecule has 0 amide bonds. The van der Waals surface area contributed by atoms with Crippen molar-refractivity contribution in [3.63, 3.8) is 0 Å². The van der Waals surface area contributed by atoms with Crippen LogP contribution in [0.3, 0.4) is 0 Å². The number of benzene rings is 1. The van der Waals surface area contributed by atoms with Crippen LogP contribution in [0.4, 0.5) is 0 Å². The minimum atomic E-state index is -0.338. The van der Waals surface area contributed by atoms with Gasteiger partial charge in [-0.25, -0.2) is 0 Å². The first kappa shape index (κ1) is 15.9. The maximum Gasteiger partial charge on any atom is 0.0716 e. The van der Waals surface area contributed by atoms with E-state index >= 15 is 0 Å². The summed E-state index contributed by atoms with van der Waals surface area (Å²) in [7, 11) is 0. The van der Waals surface area contributed by atoms with Gasteiger partial charge < -0.3 is 9.84 Å². The SMILES string of the molecule is C=C[C@@](C)(CC)[C@@H](O)CCCOCc1ccccc1. The lowest BCUT2D eigenvalue weighted by Crippen LogP contribution is -2.29. The summed E-state index contributed by atoms with van der Waals surface area (Å²) in [6.45, 7) is 9.27. The molecule has 0 bridgehead atoms. The average Bonchev–Trinajstić information content (AvgIpc) is 2.47. The van der Waals surface area contributed by atoms with E-state index in [1.807, 2.05) is 24.3 Å². The second-order valence-corrected chi connectivity index (χ2v) is 5.26. The fourth-order valence-corrected chi connectivity index (χ4v) is 1.99. The second kappa shape index (κ2) is 8.13. The van der Waals surface area contributed by atoms with Crippen molar-refractivity contribution in [3.8, 4) is 0 Å². The number of hydrogen-bond acceptors (Lipinski definition) is 2. The molecule has 0 fully saturated rings. The number of hydrogen-bond donors (Lipinski definition) is 1. The molecule has 0 aliphatic carbocycles. The largest absolute Gasteiger partial charge is 0.392 e. The molecule has 0 radical (unpaired) electrons. The molecule has 0 aliphatic rings. The summed E-state index contributed by atoms with van der Waals surface area (Å²) in [5.41, 5.74) is 1.01. The lowest BCUT2D eigenvalue weighted by atomic mass is 9.80. The van der Waals surface area contributed by atoms with Crippen LogP contribution in [0.15, 0.2) is 43.0 Å². The van der Waals surface area contributed by atoms with E-state index in [2.05, 4.69) is 32.6 Å². The van der Waals surface area contributed by atoms with Crippen molar-refractivity contribution in [1.29, 1.82) is 0 Å². The summed E-state index contributed by atoms with van der Waals surface area (Å²) in [6, 6.07) is 10.1. The third-order valence-corrected chi connectivity index (χ3v) is 3.87. The van der Waals surface area contributed by atoms with Gasteiger partial charge in [-0.3, -0.25) is 0 Å². The molecule has 1 N–H and O–H groups in total. The lowest BCUT2D eigenvalue weighted by Gasteiger charge is -2.30. The third-order valence-electron chi connectivity index (χ3n) is 3.87. The van der Waals surface area contributed by atoms with E-state index in [9.17, 15) is 5.11 Å². The summed E-state index contributed by atoms with van der Waals surface area (Å²) in [4.78, 5) is 0. The first-order valence-electron chi connectivity index (χ1n) is 7.05. The molecule has 1 aromatic rings. The molecule has 2 atom stereocenters. The summed E-state index contributed by atoms with van der Waals surface area (Å²) in [5.74, 6) is 0. The van der Waals surface area contributed by atoms with Gasteiger partial charge in [0.1, 0.15) is 0 Å². The molecular formula is C17H26O2. The fourth-order valence-electron chi connectivity index (χ4n) is 1.99. The van der Waals surface area contributed by atoms with Gasteiger partial charge in [-0.05, 0) is 24.8 Å². The van der Waals surface area contributed by atoms with Crippen LogP contribution in [-0.2, 0) is 11.3 Å². The van der Waals surface area contributed by atoms with E-state index in [0.717, 1.165) is 19.3 Å². The predicted octanol–water partition coefficient (Wildman–Crippen LogP) is 3.95. The summed E-state index contributed by atoms with van der Waals surface area (Å²) < 4.78 is 5.61. The van der Waals surface area contributed by atoms with Crippen molar-refractivity contribution in [2.24, 2.45) is 5.41 Å². The van der Waals surface area contributed by atoms with Crippen molar-refractivity contribution in [1.82, 2.24) is 0 Å². The number of aliphatic hydroxyl groups excluding tert-OH is 1. The minimum absolute atomic E-state index is 0.181. The van der Waals surface area contributed by atoms with Crippen LogP contribution >= 0.6 is 0 Å². The average molecular weight is 262 g/mol. The standard InChI is InChI=1S/C17H26O2/c1-4-17(3,5-2)16(18)12-9-13-19-14-15-10-7-6-8-11-15/h4,6-8,10-11,16,18H,1,5,9,12-14H2,2-3H3/t16-,17-/m0/s1. The molecule has 106 valence electrons. The Morgan fingerprint density at radius 3 is 2.63 bits per heavy atom. The van der Waals surface area contributed by atoms with Crippen molar-refractivity contribution in [2.45, 2.75) is 45.8 Å². The van der Waals surface area contributed by atoms with Crippen LogP contribution in [0.25, 0.3) is 0 Å². The Balaban J connectivity index is 2.19.